The summed E-state index contributed by atoms with van der Waals surface area (Å²) in [5, 5.41) is 0. The number of rotatable bonds is 1. The van der Waals surface area contributed by atoms with E-state index in [0.29, 0.717) is 0 Å². The molecule has 0 aliphatic rings. The van der Waals surface area contributed by atoms with Crippen LogP contribution in [0.15, 0.2) is 36.9 Å². The highest BCUT2D eigenvalue weighted by atomic mass is 13.9. The van der Waals surface area contributed by atoms with E-state index in [1.54, 1.807) is 0 Å². The Morgan fingerprint density at radius 1 is 1.25 bits per heavy atom. The molecule has 0 unspecified atom stereocenters. The second-order valence-electron chi connectivity index (χ2n) is 2.86. The van der Waals surface area contributed by atoms with Crippen molar-refractivity contribution >= 4 is 0 Å². The molecular formula is C12H18. The van der Waals surface area contributed by atoms with Crippen LogP contribution in [0.1, 0.15) is 24.5 Å². The summed E-state index contributed by atoms with van der Waals surface area (Å²) in [6.07, 6.45) is 2.96. The molecule has 0 aliphatic carbocycles. The Bertz CT molecular complexity index is 206. The van der Waals surface area contributed by atoms with Crippen LogP contribution in [0.3, 0.4) is 0 Å². The van der Waals surface area contributed by atoms with Crippen molar-refractivity contribution in [2.45, 2.75) is 27.2 Å². The zero-order valence-electron chi connectivity index (χ0n) is 8.30. The van der Waals surface area contributed by atoms with Crippen molar-refractivity contribution in [3.63, 3.8) is 0 Å². The third kappa shape index (κ3) is 5.72. The smallest absolute Gasteiger partial charge is 0.0382 e. The summed E-state index contributed by atoms with van der Waals surface area (Å²) in [5.41, 5.74) is 2.68. The Morgan fingerprint density at radius 2 is 1.67 bits per heavy atom. The van der Waals surface area contributed by atoms with Crippen LogP contribution in [0.25, 0.3) is 0 Å². The monoisotopic (exact) mass is 162 g/mol. The maximum absolute atomic E-state index is 3.48. The highest BCUT2D eigenvalue weighted by Crippen LogP contribution is 2.00. The van der Waals surface area contributed by atoms with Crippen molar-refractivity contribution in [3.8, 4) is 0 Å². The largest absolute Gasteiger partial charge is 0.103 e. The van der Waals surface area contributed by atoms with Gasteiger partial charge in [-0.2, -0.15) is 0 Å². The van der Waals surface area contributed by atoms with Crippen molar-refractivity contribution in [1.29, 1.82) is 0 Å². The molecule has 12 heavy (non-hydrogen) atoms. The van der Waals surface area contributed by atoms with Crippen LogP contribution in [-0.2, 0) is 0 Å². The number of benzene rings is 1. The van der Waals surface area contributed by atoms with E-state index < -0.39 is 0 Å². The SMILES string of the molecule is C=CCC.Cc1cccc(C)c1. The molecule has 0 aromatic heterocycles. The first-order valence-electron chi connectivity index (χ1n) is 4.34. The standard InChI is InChI=1S/C8H10.C4H8/c1-7-4-3-5-8(2)6-7;1-3-4-2/h3-6H,1-2H3;3H,1,4H2,2H3. The van der Waals surface area contributed by atoms with E-state index in [9.17, 15) is 0 Å². The van der Waals surface area contributed by atoms with Crippen LogP contribution in [0.5, 0.6) is 0 Å². The van der Waals surface area contributed by atoms with Crippen molar-refractivity contribution in [2.75, 3.05) is 0 Å². The molecule has 1 aromatic rings. The van der Waals surface area contributed by atoms with Crippen molar-refractivity contribution in [2.24, 2.45) is 0 Å². The summed E-state index contributed by atoms with van der Waals surface area (Å²) in [4.78, 5) is 0. The maximum Gasteiger partial charge on any atom is -0.0382 e. The molecule has 0 fully saturated rings. The average molecular weight is 162 g/mol. The molecule has 0 N–H and O–H groups in total. The molecule has 0 saturated heterocycles. The second kappa shape index (κ2) is 6.66. The van der Waals surface area contributed by atoms with E-state index in [0.717, 1.165) is 6.42 Å². The first-order chi connectivity index (χ1) is 5.70. The fourth-order valence-electron chi connectivity index (χ4n) is 0.807. The van der Waals surface area contributed by atoms with Gasteiger partial charge in [0.05, 0.1) is 0 Å². The van der Waals surface area contributed by atoms with Gasteiger partial charge in [-0.25, -0.2) is 0 Å². The summed E-state index contributed by atoms with van der Waals surface area (Å²) < 4.78 is 0. The Kier molecular flexibility index (Phi) is 6.08. The van der Waals surface area contributed by atoms with Crippen LogP contribution in [-0.4, -0.2) is 0 Å². The van der Waals surface area contributed by atoms with Crippen molar-refractivity contribution < 1.29 is 0 Å². The van der Waals surface area contributed by atoms with Crippen LogP contribution < -0.4 is 0 Å². The highest BCUT2D eigenvalue weighted by Gasteiger charge is 1.80. The minimum atomic E-state index is 1.08. The molecule has 0 amide bonds. The van der Waals surface area contributed by atoms with Gasteiger partial charge in [-0.15, -0.1) is 6.58 Å². The lowest BCUT2D eigenvalue weighted by Gasteiger charge is -1.90. The number of allylic oxidation sites excluding steroid dienone is 1. The summed E-state index contributed by atoms with van der Waals surface area (Å²) in [6, 6.07) is 8.45. The first-order valence-corrected chi connectivity index (χ1v) is 4.34. The molecule has 0 nitrogen and oxygen atoms in total. The van der Waals surface area contributed by atoms with Gasteiger partial charge in [-0.3, -0.25) is 0 Å². The van der Waals surface area contributed by atoms with Crippen LogP contribution in [0.4, 0.5) is 0 Å². The molecule has 0 atom stereocenters. The van der Waals surface area contributed by atoms with E-state index >= 15 is 0 Å². The zero-order chi connectivity index (χ0) is 9.40. The van der Waals surface area contributed by atoms with Gasteiger partial charge in [-0.05, 0) is 20.3 Å². The van der Waals surface area contributed by atoms with Gasteiger partial charge in [0.15, 0.2) is 0 Å². The molecule has 0 radical (unpaired) electrons. The fraction of sp³-hybridized carbons (Fsp3) is 0.333. The Balaban J connectivity index is 0.000000261. The summed E-state index contributed by atoms with van der Waals surface area (Å²) in [7, 11) is 0. The molecule has 0 spiro atoms. The van der Waals surface area contributed by atoms with Gasteiger partial charge >= 0.3 is 0 Å². The third-order valence-electron chi connectivity index (χ3n) is 1.46. The normalized spacial score (nSPS) is 8.25. The molecular weight excluding hydrogens is 144 g/mol. The van der Waals surface area contributed by atoms with E-state index in [-0.39, 0.29) is 0 Å². The van der Waals surface area contributed by atoms with E-state index in [4.69, 9.17) is 0 Å². The molecule has 66 valence electrons. The van der Waals surface area contributed by atoms with Gasteiger partial charge < -0.3 is 0 Å². The highest BCUT2D eigenvalue weighted by molar-refractivity contribution is 5.20. The molecule has 1 rings (SSSR count). The second-order valence-corrected chi connectivity index (χ2v) is 2.86. The molecule has 0 aliphatic heterocycles. The Labute approximate surface area is 75.9 Å². The van der Waals surface area contributed by atoms with Crippen molar-refractivity contribution in [3.05, 3.63) is 48.0 Å². The summed E-state index contributed by atoms with van der Waals surface area (Å²) >= 11 is 0. The fourth-order valence-corrected chi connectivity index (χ4v) is 0.807. The predicted octanol–water partition coefficient (Wildman–Crippen LogP) is 3.89. The summed E-state index contributed by atoms with van der Waals surface area (Å²) in [5.74, 6) is 0. The van der Waals surface area contributed by atoms with Gasteiger partial charge in [-0.1, -0.05) is 48.4 Å². The van der Waals surface area contributed by atoms with Gasteiger partial charge in [0.2, 0.25) is 0 Å². The number of hydrogen-bond donors (Lipinski definition) is 0. The molecule has 0 saturated carbocycles. The quantitative estimate of drug-likeness (QED) is 0.550. The first kappa shape index (κ1) is 11.0. The Morgan fingerprint density at radius 3 is 1.83 bits per heavy atom. The van der Waals surface area contributed by atoms with Gasteiger partial charge in [0.1, 0.15) is 0 Å². The number of hydrogen-bond acceptors (Lipinski definition) is 0. The van der Waals surface area contributed by atoms with Crippen LogP contribution >= 0.6 is 0 Å². The third-order valence-corrected chi connectivity index (χ3v) is 1.46. The lowest BCUT2D eigenvalue weighted by Crippen LogP contribution is -1.71. The molecule has 0 heteroatoms. The number of aryl methyl sites for hydroxylation is 2. The zero-order valence-corrected chi connectivity index (χ0v) is 8.30. The molecule has 1 aromatic carbocycles. The summed E-state index contributed by atoms with van der Waals surface area (Å²) in [6.45, 7) is 9.75. The van der Waals surface area contributed by atoms with Crippen molar-refractivity contribution in [1.82, 2.24) is 0 Å². The van der Waals surface area contributed by atoms with Crippen LogP contribution in [0, 0.1) is 13.8 Å². The molecule has 0 heterocycles. The van der Waals surface area contributed by atoms with E-state index in [1.807, 2.05) is 6.08 Å². The van der Waals surface area contributed by atoms with E-state index in [2.05, 4.69) is 51.6 Å². The van der Waals surface area contributed by atoms with Gasteiger partial charge in [0.25, 0.3) is 0 Å². The predicted molar refractivity (Wildman–Crippen MR) is 56.4 cm³/mol. The Hall–Kier alpha value is -1.04. The van der Waals surface area contributed by atoms with Crippen LogP contribution in [0.2, 0.25) is 0 Å². The average Bonchev–Trinajstić information content (AvgIpc) is 2.04. The van der Waals surface area contributed by atoms with E-state index in [1.165, 1.54) is 11.1 Å². The molecule has 0 bridgehead atoms. The lowest BCUT2D eigenvalue weighted by molar-refractivity contribution is 1.23. The lowest BCUT2D eigenvalue weighted by atomic mass is 10.2. The maximum atomic E-state index is 3.48. The topological polar surface area (TPSA) is 0 Å². The minimum absolute atomic E-state index is 1.08. The minimum Gasteiger partial charge on any atom is -0.103 e. The van der Waals surface area contributed by atoms with Gasteiger partial charge in [0, 0.05) is 0 Å².